The third-order valence-electron chi connectivity index (χ3n) is 2.48. The van der Waals surface area contributed by atoms with Crippen molar-refractivity contribution in [3.05, 3.63) is 12.4 Å². The summed E-state index contributed by atoms with van der Waals surface area (Å²) in [4.78, 5) is 7.57. The summed E-state index contributed by atoms with van der Waals surface area (Å²) in [6, 6.07) is 0. The van der Waals surface area contributed by atoms with Crippen molar-refractivity contribution in [2.24, 2.45) is 5.84 Å². The van der Waals surface area contributed by atoms with Crippen LogP contribution in [-0.2, 0) is 19.5 Å². The first-order valence-corrected chi connectivity index (χ1v) is 7.27. The fraction of sp³-hybridized carbons (Fsp3) is 0.600. The number of sulfonamides is 1. The normalized spacial score (nSPS) is 11.8. The molecule has 0 atom stereocenters. The molecule has 0 unspecified atom stereocenters. The molecule has 1 rings (SSSR count). The number of ether oxygens (including phenoxy) is 2. The third kappa shape index (κ3) is 4.35. The van der Waals surface area contributed by atoms with Crippen molar-refractivity contribution in [3.63, 3.8) is 0 Å². The Labute approximate surface area is 118 Å². The number of nitrogens with one attached hydrogen (secondary N) is 1. The summed E-state index contributed by atoms with van der Waals surface area (Å²) < 4.78 is 35.9. The van der Waals surface area contributed by atoms with Gasteiger partial charge in [-0.1, -0.05) is 0 Å². The number of methoxy groups -OCH3 is 2. The van der Waals surface area contributed by atoms with Gasteiger partial charge in [0.25, 0.3) is 0 Å². The molecule has 0 aliphatic carbocycles. The van der Waals surface area contributed by atoms with Crippen LogP contribution in [0.5, 0.6) is 0 Å². The first-order valence-electron chi connectivity index (χ1n) is 5.83. The summed E-state index contributed by atoms with van der Waals surface area (Å²) in [5.41, 5.74) is 2.23. The topological polar surface area (TPSA) is 120 Å². The average molecular weight is 305 g/mol. The van der Waals surface area contributed by atoms with Crippen molar-refractivity contribution in [1.29, 1.82) is 0 Å². The van der Waals surface area contributed by atoms with Crippen LogP contribution in [0.4, 0.5) is 5.95 Å². The number of nitrogens with two attached hydrogens (primary N) is 1. The molecule has 3 N–H and O–H groups in total. The predicted octanol–water partition coefficient (Wildman–Crippen LogP) is -0.954. The Morgan fingerprint density at radius 1 is 1.20 bits per heavy atom. The van der Waals surface area contributed by atoms with Gasteiger partial charge in [-0.3, -0.25) is 5.43 Å². The Morgan fingerprint density at radius 3 is 2.10 bits per heavy atom. The van der Waals surface area contributed by atoms with Gasteiger partial charge in [-0.15, -0.1) is 0 Å². The van der Waals surface area contributed by atoms with Crippen LogP contribution in [0.3, 0.4) is 0 Å². The van der Waals surface area contributed by atoms with Crippen LogP contribution in [-0.4, -0.2) is 63.2 Å². The largest absolute Gasteiger partial charge is 0.383 e. The second kappa shape index (κ2) is 8.07. The number of hydrogen-bond donors (Lipinski definition) is 2. The first-order chi connectivity index (χ1) is 9.56. The molecule has 114 valence electrons. The molecule has 20 heavy (non-hydrogen) atoms. The second-order valence-corrected chi connectivity index (χ2v) is 5.71. The van der Waals surface area contributed by atoms with Gasteiger partial charge in [0.1, 0.15) is 4.90 Å². The van der Waals surface area contributed by atoms with E-state index in [9.17, 15) is 8.42 Å². The number of hydrazine groups is 1. The molecule has 0 bridgehead atoms. The fourth-order valence-electron chi connectivity index (χ4n) is 1.41. The second-order valence-electron chi connectivity index (χ2n) is 3.78. The molecule has 0 amide bonds. The standard InChI is InChI=1S/C10H19N5O4S/c1-18-5-3-15(4-6-19-2)20(16,17)9-7-12-10(14-11)13-8-9/h7-8H,3-6,11H2,1-2H3,(H,12,13,14). The van der Waals surface area contributed by atoms with Gasteiger partial charge < -0.3 is 9.47 Å². The first kappa shape index (κ1) is 16.7. The molecule has 1 aromatic rings. The smallest absolute Gasteiger partial charge is 0.246 e. The van der Waals surface area contributed by atoms with Crippen molar-refractivity contribution in [1.82, 2.24) is 14.3 Å². The summed E-state index contributed by atoms with van der Waals surface area (Å²) in [6.07, 6.45) is 2.40. The van der Waals surface area contributed by atoms with E-state index in [1.54, 1.807) is 0 Å². The summed E-state index contributed by atoms with van der Waals surface area (Å²) in [5.74, 6) is 5.28. The highest BCUT2D eigenvalue weighted by Crippen LogP contribution is 2.14. The van der Waals surface area contributed by atoms with Crippen molar-refractivity contribution >= 4 is 16.0 Å². The highest BCUT2D eigenvalue weighted by atomic mass is 32.2. The number of aromatic nitrogens is 2. The van der Waals surface area contributed by atoms with Crippen molar-refractivity contribution in [2.45, 2.75) is 4.90 Å². The zero-order chi connectivity index (χ0) is 15.0. The quantitative estimate of drug-likeness (QED) is 0.442. The lowest BCUT2D eigenvalue weighted by atomic mass is 10.6. The molecule has 0 spiro atoms. The molecular formula is C10H19N5O4S. The minimum Gasteiger partial charge on any atom is -0.383 e. The van der Waals surface area contributed by atoms with E-state index in [4.69, 9.17) is 15.3 Å². The molecule has 0 saturated carbocycles. The van der Waals surface area contributed by atoms with E-state index in [0.29, 0.717) is 0 Å². The molecule has 0 fully saturated rings. The van der Waals surface area contributed by atoms with Crippen LogP contribution in [0.1, 0.15) is 0 Å². The lowest BCUT2D eigenvalue weighted by Gasteiger charge is -2.21. The fourth-order valence-corrected chi connectivity index (χ4v) is 2.71. The molecule has 0 aliphatic rings. The zero-order valence-corrected chi connectivity index (χ0v) is 12.3. The van der Waals surface area contributed by atoms with Crippen molar-refractivity contribution in [2.75, 3.05) is 45.9 Å². The van der Waals surface area contributed by atoms with Gasteiger partial charge in [0.2, 0.25) is 16.0 Å². The molecule has 0 aromatic carbocycles. The minimum atomic E-state index is -3.69. The van der Waals surface area contributed by atoms with Gasteiger partial charge in [0.05, 0.1) is 25.6 Å². The highest BCUT2D eigenvalue weighted by molar-refractivity contribution is 7.89. The summed E-state index contributed by atoms with van der Waals surface area (Å²) in [7, 11) is -0.679. The van der Waals surface area contributed by atoms with E-state index in [2.05, 4.69) is 15.4 Å². The van der Waals surface area contributed by atoms with E-state index in [-0.39, 0.29) is 37.1 Å². The molecule has 9 nitrogen and oxygen atoms in total. The maximum atomic E-state index is 12.4. The van der Waals surface area contributed by atoms with Crippen LogP contribution in [0.25, 0.3) is 0 Å². The number of nitrogen functional groups attached to an aromatic ring is 1. The van der Waals surface area contributed by atoms with Gasteiger partial charge in [-0.05, 0) is 0 Å². The molecule has 1 heterocycles. The van der Waals surface area contributed by atoms with E-state index >= 15 is 0 Å². The SMILES string of the molecule is COCCN(CCOC)S(=O)(=O)c1cnc(NN)nc1. The number of anilines is 1. The van der Waals surface area contributed by atoms with Crippen LogP contribution >= 0.6 is 0 Å². The molecule has 0 aliphatic heterocycles. The lowest BCUT2D eigenvalue weighted by molar-refractivity contribution is 0.150. The van der Waals surface area contributed by atoms with Crippen LogP contribution in [0.2, 0.25) is 0 Å². The Bertz CT molecular complexity index is 485. The maximum absolute atomic E-state index is 12.4. The Morgan fingerprint density at radius 2 is 1.70 bits per heavy atom. The van der Waals surface area contributed by atoms with Gasteiger partial charge in [0.15, 0.2) is 0 Å². The third-order valence-corrected chi connectivity index (χ3v) is 4.34. The monoisotopic (exact) mass is 305 g/mol. The predicted molar refractivity (Wildman–Crippen MR) is 72.4 cm³/mol. The van der Waals surface area contributed by atoms with E-state index in [1.165, 1.54) is 30.9 Å². The summed E-state index contributed by atoms with van der Waals surface area (Å²) in [5, 5.41) is 0. The Kier molecular flexibility index (Phi) is 6.75. The summed E-state index contributed by atoms with van der Waals surface area (Å²) >= 11 is 0. The number of nitrogens with zero attached hydrogens (tertiary/aromatic N) is 3. The zero-order valence-electron chi connectivity index (χ0n) is 11.4. The summed E-state index contributed by atoms with van der Waals surface area (Å²) in [6.45, 7) is 1.01. The van der Waals surface area contributed by atoms with Crippen LogP contribution < -0.4 is 11.3 Å². The molecule has 10 heteroatoms. The van der Waals surface area contributed by atoms with Crippen LogP contribution in [0, 0.1) is 0 Å². The van der Waals surface area contributed by atoms with Gasteiger partial charge in [-0.25, -0.2) is 24.2 Å². The molecule has 0 saturated heterocycles. The molecular weight excluding hydrogens is 286 g/mol. The van der Waals surface area contributed by atoms with Gasteiger partial charge in [-0.2, -0.15) is 4.31 Å². The maximum Gasteiger partial charge on any atom is 0.246 e. The Hall–Kier alpha value is -1.33. The number of rotatable bonds is 9. The molecule has 1 aromatic heterocycles. The van der Waals surface area contributed by atoms with Crippen molar-refractivity contribution < 1.29 is 17.9 Å². The average Bonchev–Trinajstić information content (AvgIpc) is 2.47. The lowest BCUT2D eigenvalue weighted by Crippen LogP contribution is -2.36. The van der Waals surface area contributed by atoms with E-state index in [1.807, 2.05) is 0 Å². The minimum absolute atomic E-state index is 0.0105. The van der Waals surface area contributed by atoms with Crippen molar-refractivity contribution in [3.8, 4) is 0 Å². The number of hydrogen-bond acceptors (Lipinski definition) is 8. The van der Waals surface area contributed by atoms with E-state index in [0.717, 1.165) is 0 Å². The Balaban J connectivity index is 2.94. The van der Waals surface area contributed by atoms with E-state index < -0.39 is 10.0 Å². The molecule has 0 radical (unpaired) electrons. The van der Waals surface area contributed by atoms with Gasteiger partial charge >= 0.3 is 0 Å². The van der Waals surface area contributed by atoms with Gasteiger partial charge in [0, 0.05) is 27.3 Å². The highest BCUT2D eigenvalue weighted by Gasteiger charge is 2.24. The van der Waals surface area contributed by atoms with Crippen LogP contribution in [0.15, 0.2) is 17.3 Å².